The molecular formula is C22H21NO6S. The van der Waals surface area contributed by atoms with Gasteiger partial charge in [0.05, 0.1) is 16.9 Å². The third kappa shape index (κ3) is 5.15. The van der Waals surface area contributed by atoms with Crippen LogP contribution in [0.4, 0.5) is 5.69 Å². The SMILES string of the molecule is CCc1ccccc1NC(=O)COC(=O)c1occc1CS(=O)(=O)c1ccccc1. The zero-order valence-electron chi connectivity index (χ0n) is 16.3. The van der Waals surface area contributed by atoms with Crippen LogP contribution in [0.3, 0.4) is 0 Å². The number of carbonyl (C=O) groups excluding carboxylic acids is 2. The van der Waals surface area contributed by atoms with E-state index in [2.05, 4.69) is 5.32 Å². The smallest absolute Gasteiger partial charge is 0.375 e. The summed E-state index contributed by atoms with van der Waals surface area (Å²) in [6.45, 7) is 1.44. The standard InChI is InChI=1S/C22H21NO6S/c1-2-16-8-6-7-11-19(16)23-20(24)14-29-22(25)21-17(12-13-28-21)15-30(26,27)18-9-4-3-5-10-18/h3-13H,2,14-15H2,1H3,(H,23,24). The molecule has 2 aromatic carbocycles. The molecule has 1 amide bonds. The molecule has 0 aliphatic carbocycles. The van der Waals surface area contributed by atoms with Crippen molar-refractivity contribution < 1.29 is 27.2 Å². The molecular weight excluding hydrogens is 406 g/mol. The number of amides is 1. The summed E-state index contributed by atoms with van der Waals surface area (Å²) in [5.41, 5.74) is 1.77. The number of nitrogens with one attached hydrogen (secondary N) is 1. The van der Waals surface area contributed by atoms with Gasteiger partial charge in [-0.3, -0.25) is 4.79 Å². The van der Waals surface area contributed by atoms with Gasteiger partial charge in [-0.15, -0.1) is 0 Å². The Bertz CT molecular complexity index is 1140. The van der Waals surface area contributed by atoms with Crippen LogP contribution in [0.1, 0.15) is 28.6 Å². The van der Waals surface area contributed by atoms with Gasteiger partial charge < -0.3 is 14.5 Å². The second-order valence-electron chi connectivity index (χ2n) is 6.48. The molecule has 0 spiro atoms. The number of carbonyl (C=O) groups is 2. The first-order valence-corrected chi connectivity index (χ1v) is 10.9. The number of hydrogen-bond donors (Lipinski definition) is 1. The Hall–Kier alpha value is -3.39. The number of para-hydroxylation sites is 1. The van der Waals surface area contributed by atoms with E-state index in [4.69, 9.17) is 9.15 Å². The normalized spacial score (nSPS) is 11.1. The maximum Gasteiger partial charge on any atom is 0.375 e. The van der Waals surface area contributed by atoms with Crippen LogP contribution in [0, 0.1) is 0 Å². The maximum atomic E-state index is 12.5. The Morgan fingerprint density at radius 2 is 1.67 bits per heavy atom. The van der Waals surface area contributed by atoms with Crippen molar-refractivity contribution in [2.24, 2.45) is 0 Å². The summed E-state index contributed by atoms with van der Waals surface area (Å²) in [5.74, 6) is -2.07. The van der Waals surface area contributed by atoms with E-state index in [0.29, 0.717) is 5.69 Å². The second kappa shape index (κ2) is 9.41. The molecule has 0 atom stereocenters. The Labute approximate surface area is 174 Å². The molecule has 0 radical (unpaired) electrons. The summed E-state index contributed by atoms with van der Waals surface area (Å²) in [4.78, 5) is 24.6. The first-order chi connectivity index (χ1) is 14.4. The highest BCUT2D eigenvalue weighted by Crippen LogP contribution is 2.21. The van der Waals surface area contributed by atoms with Crippen molar-refractivity contribution in [1.82, 2.24) is 0 Å². The Morgan fingerprint density at radius 3 is 2.40 bits per heavy atom. The summed E-state index contributed by atoms with van der Waals surface area (Å²) in [6, 6.07) is 16.6. The molecule has 1 aromatic heterocycles. The van der Waals surface area contributed by atoms with E-state index in [1.54, 1.807) is 30.3 Å². The third-order valence-corrected chi connectivity index (χ3v) is 6.07. The zero-order chi connectivity index (χ0) is 21.6. The van der Waals surface area contributed by atoms with Gasteiger partial charge in [-0.1, -0.05) is 43.3 Å². The molecule has 1 N–H and O–H groups in total. The number of hydrogen-bond acceptors (Lipinski definition) is 6. The number of anilines is 1. The first kappa shape index (κ1) is 21.3. The molecule has 156 valence electrons. The fraction of sp³-hybridized carbons (Fsp3) is 0.182. The largest absolute Gasteiger partial charge is 0.457 e. The predicted molar refractivity (Wildman–Crippen MR) is 111 cm³/mol. The minimum absolute atomic E-state index is 0.138. The molecule has 7 nitrogen and oxygen atoms in total. The fourth-order valence-electron chi connectivity index (χ4n) is 2.88. The summed E-state index contributed by atoms with van der Waals surface area (Å²) < 4.78 is 35.2. The van der Waals surface area contributed by atoms with Crippen LogP contribution in [-0.4, -0.2) is 26.9 Å². The quantitative estimate of drug-likeness (QED) is 0.551. The van der Waals surface area contributed by atoms with E-state index in [9.17, 15) is 18.0 Å². The van der Waals surface area contributed by atoms with Crippen LogP contribution in [0.15, 0.2) is 76.2 Å². The second-order valence-corrected chi connectivity index (χ2v) is 8.47. The van der Waals surface area contributed by atoms with E-state index in [1.165, 1.54) is 24.5 Å². The van der Waals surface area contributed by atoms with Crippen molar-refractivity contribution >= 4 is 27.4 Å². The van der Waals surface area contributed by atoms with Crippen molar-refractivity contribution in [2.75, 3.05) is 11.9 Å². The van der Waals surface area contributed by atoms with Gasteiger partial charge in [-0.2, -0.15) is 0 Å². The molecule has 0 aliphatic rings. The van der Waals surface area contributed by atoms with E-state index in [1.807, 2.05) is 19.1 Å². The molecule has 0 saturated heterocycles. The minimum atomic E-state index is -3.67. The van der Waals surface area contributed by atoms with Gasteiger partial charge >= 0.3 is 5.97 Å². The Balaban J connectivity index is 1.63. The van der Waals surface area contributed by atoms with Crippen LogP contribution >= 0.6 is 0 Å². The molecule has 0 bridgehead atoms. The molecule has 1 heterocycles. The molecule has 30 heavy (non-hydrogen) atoms. The van der Waals surface area contributed by atoms with Crippen molar-refractivity contribution in [3.63, 3.8) is 0 Å². The van der Waals surface area contributed by atoms with Gasteiger partial charge in [0.2, 0.25) is 5.76 Å². The lowest BCUT2D eigenvalue weighted by Crippen LogP contribution is -2.22. The number of aryl methyl sites for hydroxylation is 1. The molecule has 0 fully saturated rings. The average Bonchev–Trinajstić information content (AvgIpc) is 3.20. The van der Waals surface area contributed by atoms with Crippen LogP contribution in [0.5, 0.6) is 0 Å². The summed E-state index contributed by atoms with van der Waals surface area (Å²) >= 11 is 0. The molecule has 0 saturated carbocycles. The molecule has 0 unspecified atom stereocenters. The van der Waals surface area contributed by atoms with Crippen molar-refractivity contribution in [3.05, 3.63) is 83.8 Å². The lowest BCUT2D eigenvalue weighted by molar-refractivity contribution is -0.119. The van der Waals surface area contributed by atoms with Crippen LogP contribution in [0.25, 0.3) is 0 Å². The Morgan fingerprint density at radius 1 is 0.967 bits per heavy atom. The Kier molecular flexibility index (Phi) is 6.68. The van der Waals surface area contributed by atoms with E-state index in [0.717, 1.165) is 12.0 Å². The third-order valence-electron chi connectivity index (χ3n) is 4.39. The number of sulfone groups is 1. The van der Waals surface area contributed by atoms with Crippen molar-refractivity contribution in [3.8, 4) is 0 Å². The number of furan rings is 1. The average molecular weight is 427 g/mol. The minimum Gasteiger partial charge on any atom is -0.457 e. The lowest BCUT2D eigenvalue weighted by atomic mass is 10.1. The monoisotopic (exact) mass is 427 g/mol. The zero-order valence-corrected chi connectivity index (χ0v) is 17.1. The molecule has 0 aliphatic heterocycles. The predicted octanol–water partition coefficient (Wildman–Crippen LogP) is 3.61. The van der Waals surface area contributed by atoms with Gasteiger partial charge in [0.1, 0.15) is 0 Å². The maximum absolute atomic E-state index is 12.5. The van der Waals surface area contributed by atoms with Gasteiger partial charge in [-0.05, 0) is 36.2 Å². The van der Waals surface area contributed by atoms with E-state index in [-0.39, 0.29) is 16.2 Å². The van der Waals surface area contributed by atoms with Gasteiger partial charge in [0, 0.05) is 11.3 Å². The van der Waals surface area contributed by atoms with Crippen molar-refractivity contribution in [2.45, 2.75) is 24.0 Å². The highest BCUT2D eigenvalue weighted by atomic mass is 32.2. The summed E-state index contributed by atoms with van der Waals surface area (Å²) in [5, 5.41) is 2.69. The summed E-state index contributed by atoms with van der Waals surface area (Å²) in [6.07, 6.45) is 1.95. The van der Waals surface area contributed by atoms with Gasteiger partial charge in [-0.25, -0.2) is 13.2 Å². The van der Waals surface area contributed by atoms with E-state index >= 15 is 0 Å². The molecule has 3 rings (SSSR count). The van der Waals surface area contributed by atoms with Gasteiger partial charge in [0.15, 0.2) is 16.4 Å². The lowest BCUT2D eigenvalue weighted by Gasteiger charge is -2.10. The number of ether oxygens (including phenoxy) is 1. The van der Waals surface area contributed by atoms with Crippen LogP contribution in [-0.2, 0) is 31.5 Å². The number of esters is 1. The van der Waals surface area contributed by atoms with E-state index < -0.39 is 34.1 Å². The van der Waals surface area contributed by atoms with Crippen molar-refractivity contribution in [1.29, 1.82) is 0 Å². The fourth-order valence-corrected chi connectivity index (χ4v) is 4.25. The highest BCUT2D eigenvalue weighted by Gasteiger charge is 2.24. The number of benzene rings is 2. The van der Waals surface area contributed by atoms with Gasteiger partial charge in [0.25, 0.3) is 5.91 Å². The molecule has 3 aromatic rings. The topological polar surface area (TPSA) is 103 Å². The highest BCUT2D eigenvalue weighted by molar-refractivity contribution is 7.90. The summed E-state index contributed by atoms with van der Waals surface area (Å²) in [7, 11) is -3.67. The van der Waals surface area contributed by atoms with Crippen LogP contribution in [0.2, 0.25) is 0 Å². The number of rotatable bonds is 8. The van der Waals surface area contributed by atoms with Crippen LogP contribution < -0.4 is 5.32 Å². The first-order valence-electron chi connectivity index (χ1n) is 9.29. The molecule has 8 heteroatoms.